The van der Waals surface area contributed by atoms with Crippen LogP contribution in [0.3, 0.4) is 0 Å². The number of benzene rings is 2. The molecule has 124 valence electrons. The molecule has 1 aliphatic heterocycles. The Morgan fingerprint density at radius 3 is 2.71 bits per heavy atom. The fraction of sp³-hybridized carbons (Fsp3) is 0.176. The van der Waals surface area contributed by atoms with Crippen LogP contribution < -0.4 is 9.96 Å². The van der Waals surface area contributed by atoms with Crippen LogP contribution in [0.5, 0.6) is 0 Å². The van der Waals surface area contributed by atoms with Gasteiger partial charge in [-0.05, 0) is 12.1 Å². The lowest BCUT2D eigenvalue weighted by Gasteiger charge is -2.30. The van der Waals surface area contributed by atoms with E-state index < -0.39 is 0 Å². The average Bonchev–Trinajstić information content (AvgIpc) is 2.97. The number of hydrogen-bond donors (Lipinski definition) is 2. The normalized spacial score (nSPS) is 19.7. The Kier molecular flexibility index (Phi) is 4.64. The van der Waals surface area contributed by atoms with E-state index in [9.17, 15) is 10.0 Å². The molecule has 0 fully saturated rings. The van der Waals surface area contributed by atoms with Gasteiger partial charge < -0.3 is 5.21 Å². The van der Waals surface area contributed by atoms with Crippen LogP contribution in [-0.2, 0) is 0 Å². The summed E-state index contributed by atoms with van der Waals surface area (Å²) in [7, 11) is 1.84. The third-order valence-electron chi connectivity index (χ3n) is 4.00. The molecule has 0 aliphatic carbocycles. The molecule has 0 saturated carbocycles. The highest BCUT2D eigenvalue weighted by Gasteiger charge is 2.38. The summed E-state index contributed by atoms with van der Waals surface area (Å²) in [6.07, 6.45) is 1.70. The molecule has 0 amide bonds. The fourth-order valence-corrected chi connectivity index (χ4v) is 3.06. The summed E-state index contributed by atoms with van der Waals surface area (Å²) in [5, 5.41) is 15.8. The lowest BCUT2D eigenvalue weighted by atomic mass is 10.0. The van der Waals surface area contributed by atoms with Crippen LogP contribution >= 0.6 is 11.6 Å². The van der Waals surface area contributed by atoms with Gasteiger partial charge in [-0.3, -0.25) is 4.79 Å². The lowest BCUT2D eigenvalue weighted by molar-refractivity contribution is 0.102. The molecular weight excluding hydrogens is 328 g/mol. The number of carbonyl (C=O) groups excluding carboxylic acids is 1. The van der Waals surface area contributed by atoms with Crippen LogP contribution in [0.15, 0.2) is 53.6 Å². The van der Waals surface area contributed by atoms with Crippen LogP contribution in [-0.4, -0.2) is 42.7 Å². The first-order valence-corrected chi connectivity index (χ1v) is 7.83. The zero-order chi connectivity index (χ0) is 17.2. The Morgan fingerprint density at radius 1 is 1.33 bits per heavy atom. The standard InChI is InChI=1S/C17H18ClN4O2/c1-21-12-22(10-19-21,11-20-24)16-8-7-14(18)9-15(16)17(23)13-5-3-2-4-6-13/h2-10,20,24H,11-12H2,1H3/q+1. The minimum Gasteiger partial charge on any atom is -0.312 e. The number of hydroxylamine groups is 1. The molecule has 0 aromatic heterocycles. The van der Waals surface area contributed by atoms with Gasteiger partial charge in [0.15, 0.2) is 24.8 Å². The van der Waals surface area contributed by atoms with Gasteiger partial charge in [0.05, 0.1) is 5.56 Å². The van der Waals surface area contributed by atoms with Crippen molar-refractivity contribution >= 4 is 29.4 Å². The highest BCUT2D eigenvalue weighted by molar-refractivity contribution is 6.31. The van der Waals surface area contributed by atoms with Crippen molar-refractivity contribution in [1.82, 2.24) is 15.0 Å². The summed E-state index contributed by atoms with van der Waals surface area (Å²) < 4.78 is 0.179. The Labute approximate surface area is 145 Å². The zero-order valence-corrected chi connectivity index (χ0v) is 13.9. The van der Waals surface area contributed by atoms with Gasteiger partial charge in [-0.2, -0.15) is 5.48 Å². The number of rotatable bonds is 5. The predicted octanol–water partition coefficient (Wildman–Crippen LogP) is 2.66. The second-order valence-corrected chi connectivity index (χ2v) is 6.17. The number of hydrogen-bond acceptors (Lipinski definition) is 5. The van der Waals surface area contributed by atoms with Crippen molar-refractivity contribution in [3.8, 4) is 0 Å². The molecule has 1 heterocycles. The molecule has 1 unspecified atom stereocenters. The van der Waals surface area contributed by atoms with Gasteiger partial charge in [0.1, 0.15) is 0 Å². The molecule has 2 aromatic rings. The number of ketones is 1. The predicted molar refractivity (Wildman–Crippen MR) is 94.0 cm³/mol. The monoisotopic (exact) mass is 345 g/mol. The minimum atomic E-state index is -0.119. The van der Waals surface area contributed by atoms with Crippen molar-refractivity contribution in [3.05, 3.63) is 64.7 Å². The van der Waals surface area contributed by atoms with Crippen molar-refractivity contribution in [3.63, 3.8) is 0 Å². The summed E-state index contributed by atoms with van der Waals surface area (Å²) in [4.78, 5) is 13.0. The molecular formula is C17H18ClN4O2+. The quantitative estimate of drug-likeness (QED) is 0.497. The van der Waals surface area contributed by atoms with E-state index in [2.05, 4.69) is 10.6 Å². The third kappa shape index (κ3) is 3.05. The van der Waals surface area contributed by atoms with Crippen molar-refractivity contribution in [2.45, 2.75) is 0 Å². The maximum atomic E-state index is 13.0. The first-order chi connectivity index (χ1) is 11.6. The fourth-order valence-electron chi connectivity index (χ4n) is 2.89. The highest BCUT2D eigenvalue weighted by Crippen LogP contribution is 2.32. The Balaban J connectivity index is 2.12. The molecule has 0 spiro atoms. The van der Waals surface area contributed by atoms with E-state index >= 15 is 0 Å². The molecule has 6 nitrogen and oxygen atoms in total. The number of quaternary nitrogens is 1. The Morgan fingerprint density at radius 2 is 2.08 bits per heavy atom. The smallest absolute Gasteiger partial charge is 0.215 e. The molecule has 2 N–H and O–H groups in total. The van der Waals surface area contributed by atoms with E-state index in [0.29, 0.717) is 22.8 Å². The zero-order valence-electron chi connectivity index (χ0n) is 13.2. The van der Waals surface area contributed by atoms with Crippen molar-refractivity contribution in [2.24, 2.45) is 5.10 Å². The minimum absolute atomic E-state index is 0.119. The molecule has 7 heteroatoms. The van der Waals surface area contributed by atoms with E-state index in [-0.39, 0.29) is 16.9 Å². The second kappa shape index (κ2) is 6.70. The molecule has 0 bridgehead atoms. The number of hydrazone groups is 1. The first kappa shape index (κ1) is 16.6. The summed E-state index contributed by atoms with van der Waals surface area (Å²) in [5.41, 5.74) is 4.00. The average molecular weight is 346 g/mol. The van der Waals surface area contributed by atoms with Gasteiger partial charge in [-0.1, -0.05) is 41.9 Å². The van der Waals surface area contributed by atoms with Gasteiger partial charge in [-0.25, -0.2) is 9.49 Å². The van der Waals surface area contributed by atoms with Crippen LogP contribution in [0.2, 0.25) is 5.02 Å². The summed E-state index contributed by atoms with van der Waals surface area (Å²) in [6.45, 7) is 0.675. The van der Waals surface area contributed by atoms with Crippen LogP contribution in [0.25, 0.3) is 0 Å². The summed E-state index contributed by atoms with van der Waals surface area (Å²) in [5.74, 6) is -0.119. The maximum Gasteiger partial charge on any atom is 0.215 e. The molecule has 1 aliphatic rings. The van der Waals surface area contributed by atoms with E-state index in [1.165, 1.54) is 0 Å². The Hall–Kier alpha value is -2.25. The molecule has 1 atom stereocenters. The number of nitrogens with one attached hydrogen (secondary N) is 1. The summed E-state index contributed by atoms with van der Waals surface area (Å²) in [6, 6.07) is 14.3. The van der Waals surface area contributed by atoms with Gasteiger partial charge in [0.25, 0.3) is 0 Å². The van der Waals surface area contributed by atoms with Gasteiger partial charge in [-0.15, -0.1) is 5.10 Å². The first-order valence-electron chi connectivity index (χ1n) is 7.45. The molecule has 3 rings (SSSR count). The SMILES string of the molecule is CN1C[N+](CNO)(c2ccc(Cl)cc2C(=O)c2ccccc2)C=N1. The Bertz CT molecular complexity index is 781. The highest BCUT2D eigenvalue weighted by atomic mass is 35.5. The van der Waals surface area contributed by atoms with Gasteiger partial charge in [0.2, 0.25) is 6.34 Å². The molecule has 2 aromatic carbocycles. The van der Waals surface area contributed by atoms with Crippen molar-refractivity contribution in [1.29, 1.82) is 0 Å². The van der Waals surface area contributed by atoms with Gasteiger partial charge in [0, 0.05) is 23.7 Å². The summed E-state index contributed by atoms with van der Waals surface area (Å²) >= 11 is 6.14. The van der Waals surface area contributed by atoms with Crippen molar-refractivity contribution < 1.29 is 10.0 Å². The van der Waals surface area contributed by atoms with E-state index in [4.69, 9.17) is 11.6 Å². The third-order valence-corrected chi connectivity index (χ3v) is 4.23. The molecule has 24 heavy (non-hydrogen) atoms. The van der Waals surface area contributed by atoms with Crippen LogP contribution in [0.1, 0.15) is 15.9 Å². The topological polar surface area (TPSA) is 64.9 Å². The van der Waals surface area contributed by atoms with E-state index in [1.54, 1.807) is 41.7 Å². The molecule has 0 radical (unpaired) electrons. The number of carbonyl (C=O) groups is 1. The number of nitrogens with zero attached hydrogens (tertiary/aromatic N) is 3. The second-order valence-electron chi connectivity index (χ2n) is 5.74. The van der Waals surface area contributed by atoms with Crippen LogP contribution in [0.4, 0.5) is 5.69 Å². The van der Waals surface area contributed by atoms with Crippen LogP contribution in [0, 0.1) is 0 Å². The lowest BCUT2D eigenvalue weighted by Crippen LogP contribution is -2.54. The maximum absolute atomic E-state index is 13.0. The van der Waals surface area contributed by atoms with E-state index in [0.717, 1.165) is 5.69 Å². The van der Waals surface area contributed by atoms with Gasteiger partial charge >= 0.3 is 0 Å². The largest absolute Gasteiger partial charge is 0.312 e. The molecule has 0 saturated heterocycles. The van der Waals surface area contributed by atoms with E-state index in [1.807, 2.05) is 25.2 Å². The number of halogens is 1. The van der Waals surface area contributed by atoms with Crippen molar-refractivity contribution in [2.75, 3.05) is 20.4 Å².